The van der Waals surface area contributed by atoms with Gasteiger partial charge >= 0.3 is 0 Å². The van der Waals surface area contributed by atoms with Crippen LogP contribution in [-0.2, 0) is 10.0 Å². The molecule has 148 valence electrons. The lowest BCUT2D eigenvalue weighted by Crippen LogP contribution is -2.32. The Hall–Kier alpha value is -2.38. The number of hydrogen-bond acceptors (Lipinski definition) is 4. The summed E-state index contributed by atoms with van der Waals surface area (Å²) >= 11 is 0. The van der Waals surface area contributed by atoms with E-state index in [1.807, 2.05) is 17.9 Å². The summed E-state index contributed by atoms with van der Waals surface area (Å²) in [4.78, 5) is 15.2. The van der Waals surface area contributed by atoms with E-state index in [1.165, 1.54) is 0 Å². The zero-order chi connectivity index (χ0) is 19.9. The van der Waals surface area contributed by atoms with E-state index in [-0.39, 0.29) is 10.8 Å². The number of likely N-dealkylation sites (tertiary alicyclic amines) is 1. The van der Waals surface area contributed by atoms with Crippen LogP contribution in [0.5, 0.6) is 0 Å². The summed E-state index contributed by atoms with van der Waals surface area (Å²) in [6.07, 6.45) is 0. The van der Waals surface area contributed by atoms with E-state index >= 15 is 0 Å². The monoisotopic (exact) mass is 399 g/mol. The minimum absolute atomic E-state index is 0.117. The van der Waals surface area contributed by atoms with E-state index in [4.69, 9.17) is 0 Å². The first-order valence-electron chi connectivity index (χ1n) is 9.54. The Labute approximate surface area is 166 Å². The molecule has 0 saturated carbocycles. The quantitative estimate of drug-likeness (QED) is 0.828. The predicted molar refractivity (Wildman–Crippen MR) is 109 cm³/mol. The minimum Gasteiger partial charge on any atom is -0.338 e. The number of carbonyl (C=O) groups excluding carboxylic acids is 1. The molecule has 2 heterocycles. The molecule has 7 heteroatoms. The minimum atomic E-state index is -3.79. The summed E-state index contributed by atoms with van der Waals surface area (Å²) in [5, 5.41) is 3.36. The lowest BCUT2D eigenvalue weighted by Gasteiger charge is -2.20. The number of carbonyl (C=O) groups is 1. The molecule has 2 saturated heterocycles. The Morgan fingerprint density at radius 3 is 2.46 bits per heavy atom. The van der Waals surface area contributed by atoms with Crippen molar-refractivity contribution in [2.45, 2.75) is 18.7 Å². The molecule has 2 aromatic carbocycles. The van der Waals surface area contributed by atoms with Gasteiger partial charge in [0.05, 0.1) is 16.1 Å². The molecule has 0 spiro atoms. The summed E-state index contributed by atoms with van der Waals surface area (Å²) in [7, 11) is -3.79. The summed E-state index contributed by atoms with van der Waals surface area (Å²) in [5.74, 6) is 0.860. The average Bonchev–Trinajstić information content (AvgIpc) is 3.25. The fourth-order valence-corrected chi connectivity index (χ4v) is 5.56. The number of anilines is 1. The van der Waals surface area contributed by atoms with E-state index < -0.39 is 10.0 Å². The molecule has 2 aromatic rings. The van der Waals surface area contributed by atoms with Crippen LogP contribution in [0.15, 0.2) is 47.4 Å². The first-order valence-corrected chi connectivity index (χ1v) is 11.0. The molecule has 28 heavy (non-hydrogen) atoms. The predicted octanol–water partition coefficient (Wildman–Crippen LogP) is 2.40. The third-order valence-electron chi connectivity index (χ3n) is 5.71. The van der Waals surface area contributed by atoms with Crippen LogP contribution in [0.25, 0.3) is 0 Å². The first kappa shape index (κ1) is 19.0. The van der Waals surface area contributed by atoms with Crippen molar-refractivity contribution in [1.29, 1.82) is 0 Å². The second kappa shape index (κ2) is 7.22. The molecule has 2 atom stereocenters. The molecule has 0 unspecified atom stereocenters. The number of aryl methyl sites for hydroxylation is 2. The van der Waals surface area contributed by atoms with Crippen molar-refractivity contribution in [3.63, 3.8) is 0 Å². The molecular weight excluding hydrogens is 374 g/mol. The van der Waals surface area contributed by atoms with Crippen LogP contribution in [0.3, 0.4) is 0 Å². The maximum absolute atomic E-state index is 13.1. The molecule has 2 fully saturated rings. The van der Waals surface area contributed by atoms with Gasteiger partial charge in [0, 0.05) is 26.2 Å². The molecule has 2 aliphatic rings. The highest BCUT2D eigenvalue weighted by atomic mass is 32.2. The fraction of sp³-hybridized carbons (Fsp3) is 0.381. The number of rotatable bonds is 4. The maximum Gasteiger partial charge on any atom is 0.262 e. The third kappa shape index (κ3) is 3.52. The van der Waals surface area contributed by atoms with Crippen molar-refractivity contribution < 1.29 is 13.2 Å². The van der Waals surface area contributed by atoms with Crippen molar-refractivity contribution in [3.8, 4) is 0 Å². The number of fused-ring (bicyclic) bond motifs is 1. The van der Waals surface area contributed by atoms with Gasteiger partial charge in [-0.2, -0.15) is 0 Å². The number of hydrogen-bond donors (Lipinski definition) is 2. The van der Waals surface area contributed by atoms with Gasteiger partial charge in [-0.15, -0.1) is 0 Å². The molecule has 0 aliphatic carbocycles. The second-order valence-electron chi connectivity index (χ2n) is 7.81. The van der Waals surface area contributed by atoms with Crippen LogP contribution in [0.2, 0.25) is 0 Å². The Morgan fingerprint density at radius 1 is 1.07 bits per heavy atom. The normalized spacial score (nSPS) is 21.6. The van der Waals surface area contributed by atoms with Gasteiger partial charge in [-0.1, -0.05) is 24.3 Å². The zero-order valence-corrected chi connectivity index (χ0v) is 16.9. The highest BCUT2D eigenvalue weighted by Gasteiger charge is 2.38. The van der Waals surface area contributed by atoms with Gasteiger partial charge in [0.25, 0.3) is 15.9 Å². The van der Waals surface area contributed by atoms with Crippen LogP contribution in [0.1, 0.15) is 21.5 Å². The van der Waals surface area contributed by atoms with Crippen molar-refractivity contribution >= 4 is 21.6 Å². The highest BCUT2D eigenvalue weighted by molar-refractivity contribution is 7.92. The number of sulfonamides is 1. The maximum atomic E-state index is 13.1. The van der Waals surface area contributed by atoms with Gasteiger partial charge in [-0.25, -0.2) is 8.42 Å². The van der Waals surface area contributed by atoms with Crippen molar-refractivity contribution in [1.82, 2.24) is 10.2 Å². The largest absolute Gasteiger partial charge is 0.338 e. The Bertz CT molecular complexity index is 1010. The number of para-hydroxylation sites is 1. The molecule has 0 aromatic heterocycles. The summed E-state index contributed by atoms with van der Waals surface area (Å²) in [6.45, 7) is 6.94. The van der Waals surface area contributed by atoms with Crippen LogP contribution in [-0.4, -0.2) is 45.4 Å². The molecule has 2 N–H and O–H groups in total. The van der Waals surface area contributed by atoms with E-state index in [1.54, 1.807) is 43.3 Å². The SMILES string of the molecule is Cc1ccc(C)c(S(=O)(=O)Nc2ccccc2C(=O)N2C[C@H]3CNC[C@H]3C2)c1. The van der Waals surface area contributed by atoms with Gasteiger partial charge in [-0.3, -0.25) is 9.52 Å². The van der Waals surface area contributed by atoms with Crippen molar-refractivity contribution in [3.05, 3.63) is 59.2 Å². The van der Waals surface area contributed by atoms with Crippen LogP contribution < -0.4 is 10.0 Å². The van der Waals surface area contributed by atoms with Crippen molar-refractivity contribution in [2.75, 3.05) is 30.9 Å². The van der Waals surface area contributed by atoms with E-state index in [9.17, 15) is 13.2 Å². The van der Waals surface area contributed by atoms with E-state index in [0.717, 1.165) is 18.7 Å². The van der Waals surface area contributed by atoms with Gasteiger partial charge in [-0.05, 0) is 55.0 Å². The standard InChI is InChI=1S/C21H25N3O3S/c1-14-7-8-15(2)20(9-14)28(26,27)23-19-6-4-3-5-18(19)21(25)24-12-16-10-22-11-17(16)13-24/h3-9,16-17,22-23H,10-13H2,1-2H3/t16-,17+. The van der Waals surface area contributed by atoms with Gasteiger partial charge in [0.15, 0.2) is 0 Å². The highest BCUT2D eigenvalue weighted by Crippen LogP contribution is 2.30. The first-order chi connectivity index (χ1) is 13.3. The van der Waals surface area contributed by atoms with Crippen LogP contribution in [0, 0.1) is 25.7 Å². The number of amides is 1. The zero-order valence-electron chi connectivity index (χ0n) is 16.1. The number of benzene rings is 2. The fourth-order valence-electron chi connectivity index (χ4n) is 4.15. The molecule has 1 amide bonds. The lowest BCUT2D eigenvalue weighted by atomic mass is 10.0. The van der Waals surface area contributed by atoms with Crippen molar-refractivity contribution in [2.24, 2.45) is 11.8 Å². The number of nitrogens with one attached hydrogen (secondary N) is 2. The summed E-state index contributed by atoms with van der Waals surface area (Å²) in [6, 6.07) is 12.2. The third-order valence-corrected chi connectivity index (χ3v) is 7.22. The van der Waals surface area contributed by atoms with E-state index in [0.29, 0.717) is 41.7 Å². The summed E-state index contributed by atoms with van der Waals surface area (Å²) < 4.78 is 28.6. The average molecular weight is 400 g/mol. The molecule has 0 radical (unpaired) electrons. The molecule has 2 aliphatic heterocycles. The smallest absolute Gasteiger partial charge is 0.262 e. The topological polar surface area (TPSA) is 78.5 Å². The van der Waals surface area contributed by atoms with Crippen LogP contribution >= 0.6 is 0 Å². The van der Waals surface area contributed by atoms with Gasteiger partial charge in [0.2, 0.25) is 0 Å². The summed E-state index contributed by atoms with van der Waals surface area (Å²) in [5.41, 5.74) is 2.25. The van der Waals surface area contributed by atoms with E-state index in [2.05, 4.69) is 10.0 Å². The molecule has 0 bridgehead atoms. The Kier molecular flexibility index (Phi) is 4.89. The second-order valence-corrected chi connectivity index (χ2v) is 9.46. The van der Waals surface area contributed by atoms with Gasteiger partial charge in [0.1, 0.15) is 0 Å². The lowest BCUT2D eigenvalue weighted by molar-refractivity contribution is 0.0783. The molecular formula is C21H25N3O3S. The van der Waals surface area contributed by atoms with Gasteiger partial charge < -0.3 is 10.2 Å². The molecule has 4 rings (SSSR count). The van der Waals surface area contributed by atoms with Crippen LogP contribution in [0.4, 0.5) is 5.69 Å². The number of nitrogens with zero attached hydrogens (tertiary/aromatic N) is 1. The molecule has 6 nitrogen and oxygen atoms in total. The Morgan fingerprint density at radius 2 is 1.75 bits per heavy atom. The Balaban J connectivity index is 1.61.